The third kappa shape index (κ3) is 3.87. The molecule has 0 radical (unpaired) electrons. The summed E-state index contributed by atoms with van der Waals surface area (Å²) >= 11 is 17.4. The van der Waals surface area contributed by atoms with Gasteiger partial charge >= 0.3 is 0 Å². The molecule has 68 valence electrons. The van der Waals surface area contributed by atoms with Gasteiger partial charge in [-0.25, -0.2) is 0 Å². The highest BCUT2D eigenvalue weighted by Gasteiger charge is 2.26. The third-order valence-electron chi connectivity index (χ3n) is 1.91. The van der Waals surface area contributed by atoms with Crippen molar-refractivity contribution in [2.75, 3.05) is 17.6 Å². The van der Waals surface area contributed by atoms with Crippen LogP contribution in [0.15, 0.2) is 0 Å². The monoisotopic (exact) mass is 216 g/mol. The smallest absolute Gasteiger partial charge is 0.0302 e. The SMILES string of the molecule is CCCCC(CCl)(CCl)CCl. The molecule has 0 fully saturated rings. The molecule has 0 N–H and O–H groups in total. The van der Waals surface area contributed by atoms with Crippen molar-refractivity contribution in [3.63, 3.8) is 0 Å². The number of alkyl halides is 3. The summed E-state index contributed by atoms with van der Waals surface area (Å²) in [5.74, 6) is 1.71. The van der Waals surface area contributed by atoms with Gasteiger partial charge in [-0.15, -0.1) is 34.8 Å². The first-order chi connectivity index (χ1) is 5.24. The van der Waals surface area contributed by atoms with Gasteiger partial charge in [-0.3, -0.25) is 0 Å². The molecule has 0 amide bonds. The Morgan fingerprint density at radius 2 is 1.45 bits per heavy atom. The fourth-order valence-electron chi connectivity index (χ4n) is 0.859. The highest BCUT2D eigenvalue weighted by atomic mass is 35.5. The van der Waals surface area contributed by atoms with Crippen molar-refractivity contribution in [1.82, 2.24) is 0 Å². The zero-order valence-corrected chi connectivity index (χ0v) is 9.14. The van der Waals surface area contributed by atoms with E-state index in [0.29, 0.717) is 17.6 Å². The zero-order chi connectivity index (χ0) is 8.74. The summed E-state index contributed by atoms with van der Waals surface area (Å²) in [7, 11) is 0. The van der Waals surface area contributed by atoms with Crippen LogP contribution in [0.1, 0.15) is 26.2 Å². The Morgan fingerprint density at radius 1 is 1.00 bits per heavy atom. The summed E-state index contributed by atoms with van der Waals surface area (Å²) < 4.78 is 0. The topological polar surface area (TPSA) is 0 Å². The van der Waals surface area contributed by atoms with Crippen molar-refractivity contribution in [3.05, 3.63) is 0 Å². The van der Waals surface area contributed by atoms with Gasteiger partial charge in [0, 0.05) is 23.1 Å². The Hall–Kier alpha value is 0.870. The third-order valence-corrected chi connectivity index (χ3v) is 3.61. The lowest BCUT2D eigenvalue weighted by Gasteiger charge is -2.26. The van der Waals surface area contributed by atoms with Crippen LogP contribution in [-0.2, 0) is 0 Å². The number of rotatable bonds is 6. The summed E-state index contributed by atoms with van der Waals surface area (Å²) in [5, 5.41) is 0. The highest BCUT2D eigenvalue weighted by molar-refractivity contribution is 6.24. The van der Waals surface area contributed by atoms with Crippen LogP contribution in [0, 0.1) is 5.41 Å². The molecule has 0 heterocycles. The molecule has 0 atom stereocenters. The molecule has 0 aromatic heterocycles. The van der Waals surface area contributed by atoms with E-state index in [4.69, 9.17) is 34.8 Å². The molecule has 0 aliphatic rings. The molecule has 3 heteroatoms. The van der Waals surface area contributed by atoms with Crippen LogP contribution >= 0.6 is 34.8 Å². The molecular formula is C8H15Cl3. The van der Waals surface area contributed by atoms with E-state index < -0.39 is 0 Å². The van der Waals surface area contributed by atoms with Crippen LogP contribution in [0.4, 0.5) is 0 Å². The van der Waals surface area contributed by atoms with Crippen molar-refractivity contribution in [1.29, 1.82) is 0 Å². The Bertz CT molecular complexity index is 81.1. The second-order valence-electron chi connectivity index (χ2n) is 3.00. The van der Waals surface area contributed by atoms with E-state index in [1.807, 2.05) is 0 Å². The first kappa shape index (κ1) is 11.9. The summed E-state index contributed by atoms with van der Waals surface area (Å²) in [5.41, 5.74) is -0.0271. The second kappa shape index (κ2) is 6.39. The molecule has 0 unspecified atom stereocenters. The van der Waals surface area contributed by atoms with Crippen molar-refractivity contribution in [3.8, 4) is 0 Å². The van der Waals surface area contributed by atoms with E-state index in [1.54, 1.807) is 0 Å². The maximum absolute atomic E-state index is 5.79. The number of unbranched alkanes of at least 4 members (excludes halogenated alkanes) is 1. The lowest BCUT2D eigenvalue weighted by molar-refractivity contribution is 0.381. The van der Waals surface area contributed by atoms with Crippen LogP contribution in [0.2, 0.25) is 0 Å². The Kier molecular flexibility index (Phi) is 6.90. The van der Waals surface area contributed by atoms with Gasteiger partial charge in [-0.1, -0.05) is 19.8 Å². The molecule has 0 aromatic rings. The zero-order valence-electron chi connectivity index (χ0n) is 6.88. The minimum atomic E-state index is -0.0271. The standard InChI is InChI=1S/C8H15Cl3/c1-2-3-4-8(5-9,6-10)7-11/h2-7H2,1H3. The van der Waals surface area contributed by atoms with E-state index in [9.17, 15) is 0 Å². The van der Waals surface area contributed by atoms with E-state index in [0.717, 1.165) is 12.8 Å². The predicted molar refractivity (Wildman–Crippen MR) is 54.1 cm³/mol. The van der Waals surface area contributed by atoms with Gasteiger partial charge in [0.2, 0.25) is 0 Å². The predicted octanol–water partition coefficient (Wildman–Crippen LogP) is 3.88. The molecule has 11 heavy (non-hydrogen) atoms. The largest absolute Gasteiger partial charge is 0.126 e. The van der Waals surface area contributed by atoms with Gasteiger partial charge in [-0.2, -0.15) is 0 Å². The van der Waals surface area contributed by atoms with Gasteiger partial charge in [0.05, 0.1) is 0 Å². The molecule has 0 nitrogen and oxygen atoms in total. The Balaban J connectivity index is 3.84. The number of hydrogen-bond donors (Lipinski definition) is 0. The number of halogens is 3. The van der Waals surface area contributed by atoms with Crippen LogP contribution in [0.5, 0.6) is 0 Å². The highest BCUT2D eigenvalue weighted by Crippen LogP contribution is 2.29. The summed E-state index contributed by atoms with van der Waals surface area (Å²) in [6, 6.07) is 0. The quantitative estimate of drug-likeness (QED) is 0.593. The maximum Gasteiger partial charge on any atom is 0.0302 e. The van der Waals surface area contributed by atoms with Crippen molar-refractivity contribution >= 4 is 34.8 Å². The van der Waals surface area contributed by atoms with Crippen LogP contribution in [-0.4, -0.2) is 17.6 Å². The van der Waals surface area contributed by atoms with Crippen LogP contribution in [0.25, 0.3) is 0 Å². The van der Waals surface area contributed by atoms with Crippen LogP contribution in [0.3, 0.4) is 0 Å². The molecular weight excluding hydrogens is 202 g/mol. The molecule has 0 bridgehead atoms. The first-order valence-electron chi connectivity index (χ1n) is 3.92. The first-order valence-corrected chi connectivity index (χ1v) is 5.53. The summed E-state index contributed by atoms with van der Waals surface area (Å²) in [6.07, 6.45) is 3.37. The number of hydrogen-bond acceptors (Lipinski definition) is 0. The van der Waals surface area contributed by atoms with Gasteiger partial charge in [0.15, 0.2) is 0 Å². The molecule has 0 aliphatic heterocycles. The lowest BCUT2D eigenvalue weighted by atomic mass is 9.89. The van der Waals surface area contributed by atoms with Gasteiger partial charge in [0.25, 0.3) is 0 Å². The fraction of sp³-hybridized carbons (Fsp3) is 1.00. The average Bonchev–Trinajstić information content (AvgIpc) is 2.08. The summed E-state index contributed by atoms with van der Waals surface area (Å²) in [6.45, 7) is 2.15. The lowest BCUT2D eigenvalue weighted by Crippen LogP contribution is -2.27. The van der Waals surface area contributed by atoms with Gasteiger partial charge in [-0.05, 0) is 6.42 Å². The van der Waals surface area contributed by atoms with Crippen LogP contribution < -0.4 is 0 Å². The normalized spacial score (nSPS) is 12.0. The summed E-state index contributed by atoms with van der Waals surface area (Å²) in [4.78, 5) is 0. The molecule has 0 aromatic carbocycles. The molecule has 0 saturated heterocycles. The fourth-order valence-corrected chi connectivity index (χ4v) is 2.12. The Morgan fingerprint density at radius 3 is 1.73 bits per heavy atom. The average molecular weight is 218 g/mol. The van der Waals surface area contributed by atoms with E-state index in [1.165, 1.54) is 6.42 Å². The van der Waals surface area contributed by atoms with Crippen molar-refractivity contribution < 1.29 is 0 Å². The maximum atomic E-state index is 5.79. The second-order valence-corrected chi connectivity index (χ2v) is 3.81. The van der Waals surface area contributed by atoms with Crippen molar-refractivity contribution in [2.45, 2.75) is 26.2 Å². The molecule has 0 aliphatic carbocycles. The Labute approximate surface area is 84.2 Å². The van der Waals surface area contributed by atoms with E-state index in [2.05, 4.69) is 6.92 Å². The van der Waals surface area contributed by atoms with E-state index in [-0.39, 0.29) is 5.41 Å². The van der Waals surface area contributed by atoms with E-state index >= 15 is 0 Å². The molecule has 0 saturated carbocycles. The molecule has 0 spiro atoms. The van der Waals surface area contributed by atoms with Gasteiger partial charge < -0.3 is 0 Å². The molecule has 0 rings (SSSR count). The minimum Gasteiger partial charge on any atom is -0.126 e. The van der Waals surface area contributed by atoms with Gasteiger partial charge in [0.1, 0.15) is 0 Å². The van der Waals surface area contributed by atoms with Crippen molar-refractivity contribution in [2.24, 2.45) is 5.41 Å². The minimum absolute atomic E-state index is 0.0271.